The molecule has 4 rings (SSSR count). The summed E-state index contributed by atoms with van der Waals surface area (Å²) in [4.78, 5) is 12.5. The lowest BCUT2D eigenvalue weighted by atomic mass is 9.82. The van der Waals surface area contributed by atoms with Crippen LogP contribution in [0.2, 0.25) is 5.02 Å². The molecule has 3 nitrogen and oxygen atoms in total. The quantitative estimate of drug-likeness (QED) is 0.684. The Hall–Kier alpha value is -2.46. The fourth-order valence-electron chi connectivity index (χ4n) is 3.24. The molecule has 2 aromatic carbocycles. The van der Waals surface area contributed by atoms with Gasteiger partial charge in [0.15, 0.2) is 5.78 Å². The Balaban J connectivity index is 1.75. The number of carbonyl (C=O) groups excluding carboxylic acids is 1. The Kier molecular flexibility index (Phi) is 3.69. The van der Waals surface area contributed by atoms with Crippen LogP contribution in [0.5, 0.6) is 0 Å². The predicted octanol–water partition coefficient (Wildman–Crippen LogP) is 4.58. The number of hydrogen-bond donors (Lipinski definition) is 0. The molecular formula is C19H14ClFN2O. The van der Waals surface area contributed by atoms with E-state index in [0.717, 1.165) is 16.9 Å². The number of nitrogens with zero attached hydrogens (tertiary/aromatic N) is 2. The lowest BCUT2D eigenvalue weighted by Crippen LogP contribution is -2.20. The number of ketones is 1. The van der Waals surface area contributed by atoms with Crippen molar-refractivity contribution in [2.24, 2.45) is 0 Å². The number of benzene rings is 2. The molecule has 0 amide bonds. The number of fused-ring (bicyclic) bond motifs is 1. The van der Waals surface area contributed by atoms with Gasteiger partial charge in [-0.05, 0) is 54.3 Å². The summed E-state index contributed by atoms with van der Waals surface area (Å²) in [6, 6.07) is 13.7. The van der Waals surface area contributed by atoms with E-state index in [0.29, 0.717) is 23.4 Å². The van der Waals surface area contributed by atoms with E-state index in [1.54, 1.807) is 23.0 Å². The molecular weight excluding hydrogens is 327 g/mol. The highest BCUT2D eigenvalue weighted by atomic mass is 35.5. The summed E-state index contributed by atoms with van der Waals surface area (Å²) in [7, 11) is 0. The third-order valence-corrected chi connectivity index (χ3v) is 4.67. The Morgan fingerprint density at radius 1 is 1.12 bits per heavy atom. The predicted molar refractivity (Wildman–Crippen MR) is 90.4 cm³/mol. The van der Waals surface area contributed by atoms with Crippen LogP contribution in [0.3, 0.4) is 0 Å². The summed E-state index contributed by atoms with van der Waals surface area (Å²) in [5.41, 5.74) is 3.31. The summed E-state index contributed by atoms with van der Waals surface area (Å²) >= 11 is 6.08. The second kappa shape index (κ2) is 5.87. The smallest absolute Gasteiger partial charge is 0.166 e. The molecule has 1 aromatic heterocycles. The second-order valence-corrected chi connectivity index (χ2v) is 6.41. The number of carbonyl (C=O) groups is 1. The van der Waals surface area contributed by atoms with E-state index < -0.39 is 0 Å². The van der Waals surface area contributed by atoms with Crippen molar-refractivity contribution in [3.05, 3.63) is 82.4 Å². The fraction of sp³-hybridized carbons (Fsp3) is 0.158. The average molecular weight is 341 g/mol. The molecule has 0 saturated carbocycles. The molecule has 0 fully saturated rings. The average Bonchev–Trinajstić information content (AvgIpc) is 3.00. The van der Waals surface area contributed by atoms with E-state index in [2.05, 4.69) is 5.10 Å². The highest BCUT2D eigenvalue weighted by Gasteiger charge is 2.30. The van der Waals surface area contributed by atoms with Gasteiger partial charge in [-0.15, -0.1) is 0 Å². The first-order valence-electron chi connectivity index (χ1n) is 7.73. The molecule has 24 heavy (non-hydrogen) atoms. The largest absolute Gasteiger partial charge is 0.294 e. The fourth-order valence-corrected chi connectivity index (χ4v) is 3.44. The molecule has 0 aliphatic heterocycles. The summed E-state index contributed by atoms with van der Waals surface area (Å²) in [6.45, 7) is 0. The minimum absolute atomic E-state index is 0.0691. The number of aromatic nitrogens is 2. The molecule has 0 N–H and O–H groups in total. The van der Waals surface area contributed by atoms with Crippen LogP contribution in [0.4, 0.5) is 4.39 Å². The van der Waals surface area contributed by atoms with E-state index in [1.165, 1.54) is 12.1 Å². The van der Waals surface area contributed by atoms with Crippen molar-refractivity contribution in [1.29, 1.82) is 0 Å². The SMILES string of the molecule is O=C1C[C@H](c2cccc(Cl)c2)Cc2c1cnn2-c1ccc(F)cc1. The summed E-state index contributed by atoms with van der Waals surface area (Å²) < 4.78 is 14.9. The lowest BCUT2D eigenvalue weighted by Gasteiger charge is -2.23. The Labute approximate surface area is 143 Å². The summed E-state index contributed by atoms with van der Waals surface area (Å²) in [6.07, 6.45) is 2.75. The minimum Gasteiger partial charge on any atom is -0.294 e. The first kappa shape index (κ1) is 15.1. The van der Waals surface area contributed by atoms with Crippen molar-refractivity contribution >= 4 is 17.4 Å². The highest BCUT2D eigenvalue weighted by molar-refractivity contribution is 6.30. The van der Waals surface area contributed by atoms with Crippen molar-refractivity contribution in [2.75, 3.05) is 0 Å². The minimum atomic E-state index is -0.298. The normalized spacial score (nSPS) is 16.9. The van der Waals surface area contributed by atoms with Gasteiger partial charge >= 0.3 is 0 Å². The van der Waals surface area contributed by atoms with Crippen molar-refractivity contribution in [3.8, 4) is 5.69 Å². The number of Topliss-reactive ketones (excluding diaryl/α,β-unsaturated/α-hetero) is 1. The van der Waals surface area contributed by atoms with Gasteiger partial charge in [0.25, 0.3) is 0 Å². The third kappa shape index (κ3) is 2.63. The first-order valence-corrected chi connectivity index (χ1v) is 8.11. The lowest BCUT2D eigenvalue weighted by molar-refractivity contribution is 0.0963. The van der Waals surface area contributed by atoms with Gasteiger partial charge in [-0.2, -0.15) is 5.10 Å². The van der Waals surface area contributed by atoms with Crippen LogP contribution in [-0.2, 0) is 6.42 Å². The van der Waals surface area contributed by atoms with Crippen LogP contribution in [-0.4, -0.2) is 15.6 Å². The summed E-state index contributed by atoms with van der Waals surface area (Å²) in [5, 5.41) is 5.01. The van der Waals surface area contributed by atoms with Crippen molar-refractivity contribution in [1.82, 2.24) is 9.78 Å². The first-order chi connectivity index (χ1) is 11.6. The van der Waals surface area contributed by atoms with Crippen LogP contribution in [0.25, 0.3) is 5.69 Å². The van der Waals surface area contributed by atoms with E-state index in [1.807, 2.05) is 24.3 Å². The van der Waals surface area contributed by atoms with Gasteiger partial charge in [0.2, 0.25) is 0 Å². The monoisotopic (exact) mass is 340 g/mol. The molecule has 0 bridgehead atoms. The molecule has 3 aromatic rings. The molecule has 1 heterocycles. The zero-order valence-corrected chi connectivity index (χ0v) is 13.5. The molecule has 0 saturated heterocycles. The van der Waals surface area contributed by atoms with E-state index in [4.69, 9.17) is 11.6 Å². The van der Waals surface area contributed by atoms with Gasteiger partial charge < -0.3 is 0 Å². The molecule has 1 atom stereocenters. The van der Waals surface area contributed by atoms with Gasteiger partial charge in [-0.25, -0.2) is 9.07 Å². The van der Waals surface area contributed by atoms with E-state index >= 15 is 0 Å². The topological polar surface area (TPSA) is 34.9 Å². The molecule has 0 radical (unpaired) electrons. The summed E-state index contributed by atoms with van der Waals surface area (Å²) in [5.74, 6) is -0.151. The van der Waals surface area contributed by atoms with Gasteiger partial charge in [-0.1, -0.05) is 23.7 Å². The van der Waals surface area contributed by atoms with Crippen molar-refractivity contribution in [3.63, 3.8) is 0 Å². The zero-order valence-electron chi connectivity index (χ0n) is 12.7. The molecule has 1 aliphatic carbocycles. The van der Waals surface area contributed by atoms with Crippen molar-refractivity contribution in [2.45, 2.75) is 18.8 Å². The number of halogens is 2. The van der Waals surface area contributed by atoms with E-state index in [-0.39, 0.29) is 17.5 Å². The van der Waals surface area contributed by atoms with Crippen LogP contribution < -0.4 is 0 Å². The number of hydrogen-bond acceptors (Lipinski definition) is 2. The molecule has 5 heteroatoms. The van der Waals surface area contributed by atoms with Crippen LogP contribution >= 0.6 is 11.6 Å². The number of rotatable bonds is 2. The van der Waals surface area contributed by atoms with E-state index in [9.17, 15) is 9.18 Å². The molecule has 1 aliphatic rings. The van der Waals surface area contributed by atoms with Gasteiger partial charge in [0.05, 0.1) is 23.1 Å². The third-order valence-electron chi connectivity index (χ3n) is 4.43. The van der Waals surface area contributed by atoms with Crippen molar-refractivity contribution < 1.29 is 9.18 Å². The zero-order chi connectivity index (χ0) is 16.7. The van der Waals surface area contributed by atoms with Crippen LogP contribution in [0, 0.1) is 5.82 Å². The molecule has 120 valence electrons. The van der Waals surface area contributed by atoms with Crippen LogP contribution in [0.1, 0.15) is 34.0 Å². The highest BCUT2D eigenvalue weighted by Crippen LogP contribution is 2.34. The maximum absolute atomic E-state index is 13.2. The maximum atomic E-state index is 13.2. The maximum Gasteiger partial charge on any atom is 0.166 e. The van der Waals surface area contributed by atoms with Crippen LogP contribution in [0.15, 0.2) is 54.7 Å². The standard InChI is InChI=1S/C19H14ClFN2O/c20-14-3-1-2-12(8-14)13-9-18-17(19(24)10-13)11-22-23(18)16-6-4-15(21)5-7-16/h1-8,11,13H,9-10H2/t13-/m1/s1. The van der Waals surface area contributed by atoms with Gasteiger partial charge in [0.1, 0.15) is 5.82 Å². The van der Waals surface area contributed by atoms with Gasteiger partial charge in [-0.3, -0.25) is 4.79 Å². The Morgan fingerprint density at radius 2 is 1.92 bits per heavy atom. The Morgan fingerprint density at radius 3 is 2.67 bits per heavy atom. The molecule has 0 spiro atoms. The Bertz CT molecular complexity index is 917. The second-order valence-electron chi connectivity index (χ2n) is 5.98. The van der Waals surface area contributed by atoms with Gasteiger partial charge in [0, 0.05) is 11.4 Å². The molecule has 0 unspecified atom stereocenters.